The molecule has 1 fully saturated rings. The normalized spacial score (nSPS) is 27.1. The fraction of sp³-hybridized carbons (Fsp3) is 0.929. The van der Waals surface area contributed by atoms with Crippen molar-refractivity contribution in [2.75, 3.05) is 19.8 Å². The average molecular weight is 272 g/mol. The van der Waals surface area contributed by atoms with Gasteiger partial charge in [0, 0.05) is 18.5 Å². The van der Waals surface area contributed by atoms with Crippen LogP contribution in [0.15, 0.2) is 0 Å². The van der Waals surface area contributed by atoms with Gasteiger partial charge in [-0.1, -0.05) is 13.3 Å². The van der Waals surface area contributed by atoms with Gasteiger partial charge in [0.25, 0.3) is 0 Å². The van der Waals surface area contributed by atoms with Crippen LogP contribution in [0.25, 0.3) is 0 Å². The monoisotopic (exact) mass is 272 g/mol. The first kappa shape index (κ1) is 16.4. The molecule has 0 spiro atoms. The van der Waals surface area contributed by atoms with E-state index in [9.17, 15) is 4.79 Å². The van der Waals surface area contributed by atoms with Crippen LogP contribution in [0.1, 0.15) is 40.0 Å². The Kier molecular flexibility index (Phi) is 6.75. The number of ether oxygens (including phenoxy) is 1. The summed E-state index contributed by atoms with van der Waals surface area (Å²) in [6, 6.07) is 0.287. The summed E-state index contributed by atoms with van der Waals surface area (Å²) in [5.74, 6) is 0.178. The molecular formula is C14H28N2O3. The molecular weight excluding hydrogens is 244 g/mol. The molecule has 0 saturated carbocycles. The molecule has 5 nitrogen and oxygen atoms in total. The zero-order chi connectivity index (χ0) is 14.4. The van der Waals surface area contributed by atoms with Crippen LogP contribution in [-0.4, -0.2) is 53.9 Å². The second kappa shape index (κ2) is 7.82. The molecule has 1 saturated heterocycles. The Labute approximate surface area is 116 Å². The van der Waals surface area contributed by atoms with Gasteiger partial charge in [-0.25, -0.2) is 0 Å². The maximum absolute atomic E-state index is 12.4. The minimum Gasteiger partial charge on any atom is -0.394 e. The van der Waals surface area contributed by atoms with E-state index in [1.54, 1.807) is 0 Å². The van der Waals surface area contributed by atoms with Crippen molar-refractivity contribution in [3.8, 4) is 0 Å². The van der Waals surface area contributed by atoms with Gasteiger partial charge in [0.15, 0.2) is 0 Å². The number of nitrogens with two attached hydrogens (primary N) is 1. The number of nitrogens with zero attached hydrogens (tertiary/aromatic N) is 1. The lowest BCUT2D eigenvalue weighted by molar-refractivity contribution is -0.150. The minimum absolute atomic E-state index is 0.0126. The van der Waals surface area contributed by atoms with Crippen LogP contribution in [0.5, 0.6) is 0 Å². The average Bonchev–Trinajstić information content (AvgIpc) is 2.38. The van der Waals surface area contributed by atoms with Crippen molar-refractivity contribution in [3.63, 3.8) is 0 Å². The largest absolute Gasteiger partial charge is 0.394 e. The maximum atomic E-state index is 12.4. The number of hydrogen-bond donors (Lipinski definition) is 2. The summed E-state index contributed by atoms with van der Waals surface area (Å²) in [7, 11) is 0. The van der Waals surface area contributed by atoms with Crippen molar-refractivity contribution >= 4 is 5.91 Å². The smallest absolute Gasteiger partial charge is 0.225 e. The minimum atomic E-state index is -0.239. The first-order valence-electron chi connectivity index (χ1n) is 7.24. The molecule has 1 rings (SSSR count). The molecule has 0 aromatic heterocycles. The van der Waals surface area contributed by atoms with E-state index in [1.807, 2.05) is 25.7 Å². The lowest BCUT2D eigenvalue weighted by Crippen LogP contribution is -2.53. The molecule has 4 unspecified atom stereocenters. The van der Waals surface area contributed by atoms with Crippen molar-refractivity contribution in [1.82, 2.24) is 4.90 Å². The van der Waals surface area contributed by atoms with Gasteiger partial charge in [-0.15, -0.1) is 0 Å². The zero-order valence-corrected chi connectivity index (χ0v) is 12.3. The zero-order valence-electron chi connectivity index (χ0n) is 12.3. The molecule has 1 aliphatic heterocycles. The Bertz CT molecular complexity index is 284. The number of rotatable bonds is 6. The highest BCUT2D eigenvalue weighted by Crippen LogP contribution is 2.18. The highest BCUT2D eigenvalue weighted by molar-refractivity contribution is 5.78. The summed E-state index contributed by atoms with van der Waals surface area (Å²) in [6.07, 6.45) is 2.56. The quantitative estimate of drug-likeness (QED) is 0.748. The third-order valence-electron chi connectivity index (χ3n) is 3.71. The highest BCUT2D eigenvalue weighted by atomic mass is 16.5. The Morgan fingerprint density at radius 3 is 2.74 bits per heavy atom. The molecule has 3 N–H and O–H groups in total. The Hall–Kier alpha value is -0.650. The number of aliphatic hydroxyl groups is 1. The van der Waals surface area contributed by atoms with Gasteiger partial charge < -0.3 is 20.5 Å². The Morgan fingerprint density at radius 1 is 1.47 bits per heavy atom. The summed E-state index contributed by atoms with van der Waals surface area (Å²) in [5.41, 5.74) is 5.72. The van der Waals surface area contributed by atoms with Crippen molar-refractivity contribution in [1.29, 1.82) is 0 Å². The molecule has 1 amide bonds. The van der Waals surface area contributed by atoms with E-state index in [2.05, 4.69) is 0 Å². The number of hydrogen-bond acceptors (Lipinski definition) is 4. The van der Waals surface area contributed by atoms with Crippen LogP contribution in [0, 0.1) is 5.92 Å². The van der Waals surface area contributed by atoms with Gasteiger partial charge >= 0.3 is 0 Å². The van der Waals surface area contributed by atoms with Crippen molar-refractivity contribution in [2.24, 2.45) is 11.7 Å². The van der Waals surface area contributed by atoms with Gasteiger partial charge in [0.05, 0.1) is 25.4 Å². The lowest BCUT2D eigenvalue weighted by atomic mass is 9.99. The molecule has 5 heteroatoms. The third-order valence-corrected chi connectivity index (χ3v) is 3.71. The van der Waals surface area contributed by atoms with Gasteiger partial charge in [-0.3, -0.25) is 4.79 Å². The van der Waals surface area contributed by atoms with Crippen LogP contribution in [-0.2, 0) is 9.53 Å². The van der Waals surface area contributed by atoms with E-state index < -0.39 is 0 Å². The highest BCUT2D eigenvalue weighted by Gasteiger charge is 2.31. The van der Waals surface area contributed by atoms with Crippen molar-refractivity contribution < 1.29 is 14.6 Å². The molecule has 4 atom stereocenters. The van der Waals surface area contributed by atoms with E-state index in [0.29, 0.717) is 13.2 Å². The van der Waals surface area contributed by atoms with E-state index in [4.69, 9.17) is 15.6 Å². The molecule has 0 aromatic carbocycles. The summed E-state index contributed by atoms with van der Waals surface area (Å²) >= 11 is 0. The van der Waals surface area contributed by atoms with Crippen molar-refractivity contribution in [3.05, 3.63) is 0 Å². The van der Waals surface area contributed by atoms with Gasteiger partial charge in [-0.2, -0.15) is 0 Å². The fourth-order valence-corrected chi connectivity index (χ4v) is 2.39. The molecule has 0 aromatic rings. The topological polar surface area (TPSA) is 75.8 Å². The van der Waals surface area contributed by atoms with E-state index >= 15 is 0 Å². The predicted molar refractivity (Wildman–Crippen MR) is 74.7 cm³/mol. The van der Waals surface area contributed by atoms with Crippen LogP contribution in [0.2, 0.25) is 0 Å². The van der Waals surface area contributed by atoms with Gasteiger partial charge in [-0.05, 0) is 26.7 Å². The molecule has 1 heterocycles. The maximum Gasteiger partial charge on any atom is 0.225 e. The number of morpholine rings is 1. The Balaban J connectivity index is 2.45. The summed E-state index contributed by atoms with van der Waals surface area (Å²) in [4.78, 5) is 14.3. The Morgan fingerprint density at radius 2 is 2.16 bits per heavy atom. The fourth-order valence-electron chi connectivity index (χ4n) is 2.39. The molecule has 0 radical (unpaired) electrons. The number of aliphatic hydroxyl groups excluding tert-OH is 1. The third kappa shape index (κ3) is 5.09. The second-order valence-electron chi connectivity index (χ2n) is 5.79. The van der Waals surface area contributed by atoms with Crippen LogP contribution in [0.4, 0.5) is 0 Å². The summed E-state index contributed by atoms with van der Waals surface area (Å²) in [5, 5.41) is 9.14. The van der Waals surface area contributed by atoms with E-state index in [1.165, 1.54) is 0 Å². The SMILES string of the molecule is CC(N)CCCC(C)C(=O)N1CC(CO)OCC1C. The summed E-state index contributed by atoms with van der Waals surface area (Å²) < 4.78 is 5.45. The molecule has 112 valence electrons. The van der Waals surface area contributed by atoms with Crippen LogP contribution >= 0.6 is 0 Å². The first-order valence-corrected chi connectivity index (χ1v) is 7.24. The van der Waals surface area contributed by atoms with Crippen LogP contribution < -0.4 is 5.73 Å². The standard InChI is InChI=1S/C14H28N2O3/c1-10(5-4-6-11(2)15)14(18)16-7-13(8-17)19-9-12(16)3/h10-13,17H,4-9,15H2,1-3H3. The predicted octanol–water partition coefficient (Wildman–Crippen LogP) is 0.748. The molecule has 0 aliphatic carbocycles. The van der Waals surface area contributed by atoms with Crippen LogP contribution in [0.3, 0.4) is 0 Å². The number of carbonyl (C=O) groups excluding carboxylic acids is 1. The van der Waals surface area contributed by atoms with E-state index in [-0.39, 0.29) is 36.6 Å². The van der Waals surface area contributed by atoms with Crippen molar-refractivity contribution in [2.45, 2.75) is 58.2 Å². The molecule has 1 aliphatic rings. The lowest BCUT2D eigenvalue weighted by Gasteiger charge is -2.38. The molecule has 0 bridgehead atoms. The first-order chi connectivity index (χ1) is 8.95. The second-order valence-corrected chi connectivity index (χ2v) is 5.79. The molecule has 19 heavy (non-hydrogen) atoms. The van der Waals surface area contributed by atoms with Gasteiger partial charge in [0.2, 0.25) is 5.91 Å². The van der Waals surface area contributed by atoms with Gasteiger partial charge in [0.1, 0.15) is 0 Å². The number of amides is 1. The van der Waals surface area contributed by atoms with E-state index in [0.717, 1.165) is 19.3 Å². The summed E-state index contributed by atoms with van der Waals surface area (Å²) in [6.45, 7) is 6.91. The number of carbonyl (C=O) groups is 1.